The van der Waals surface area contributed by atoms with Crippen LogP contribution in [0.4, 0.5) is 14.5 Å². The Labute approximate surface area is 131 Å². The van der Waals surface area contributed by atoms with Crippen molar-refractivity contribution in [3.05, 3.63) is 42.0 Å². The fraction of sp³-hybridized carbons (Fsp3) is 0.312. The second-order valence-electron chi connectivity index (χ2n) is 5.59. The number of allylic oxidation sites excluding steroid dienone is 2. The number of hydrogen-bond acceptors (Lipinski definition) is 3. The molecule has 2 atom stereocenters. The fourth-order valence-electron chi connectivity index (χ4n) is 2.95. The summed E-state index contributed by atoms with van der Waals surface area (Å²) in [5.74, 6) is -3.87. The molecule has 0 radical (unpaired) electrons. The van der Waals surface area contributed by atoms with E-state index in [1.807, 2.05) is 12.2 Å². The number of rotatable bonds is 3. The molecule has 1 heterocycles. The third kappa shape index (κ3) is 2.86. The topological polar surface area (TPSA) is 66.5 Å². The van der Waals surface area contributed by atoms with Gasteiger partial charge in [-0.3, -0.25) is 19.3 Å². The average Bonchev–Trinajstić information content (AvgIpc) is 2.76. The van der Waals surface area contributed by atoms with E-state index in [0.717, 1.165) is 23.1 Å². The van der Waals surface area contributed by atoms with Crippen molar-refractivity contribution >= 4 is 23.4 Å². The average molecular weight is 320 g/mol. The van der Waals surface area contributed by atoms with E-state index in [-0.39, 0.29) is 17.5 Å². The second kappa shape index (κ2) is 5.91. The first-order chi connectivity index (χ1) is 11.0. The molecule has 0 unspecified atom stereocenters. The Morgan fingerprint density at radius 1 is 1.13 bits per heavy atom. The zero-order valence-corrected chi connectivity index (χ0v) is 12.1. The first-order valence-electron chi connectivity index (χ1n) is 7.22. The lowest BCUT2D eigenvalue weighted by Crippen LogP contribution is -2.38. The maximum Gasteiger partial charge on any atom is 0.244 e. The number of halogens is 2. The number of hydrogen-bond donors (Lipinski definition) is 1. The molecule has 1 N–H and O–H groups in total. The van der Waals surface area contributed by atoms with E-state index in [0.29, 0.717) is 12.8 Å². The maximum absolute atomic E-state index is 13.5. The smallest absolute Gasteiger partial charge is 0.244 e. The summed E-state index contributed by atoms with van der Waals surface area (Å²) >= 11 is 0. The van der Waals surface area contributed by atoms with Crippen molar-refractivity contribution in [2.45, 2.75) is 12.8 Å². The number of fused-ring (bicyclic) bond motifs is 1. The van der Waals surface area contributed by atoms with Crippen LogP contribution in [0.3, 0.4) is 0 Å². The molecule has 0 bridgehead atoms. The molecule has 7 heteroatoms. The number of likely N-dealkylation sites (tertiary alicyclic amines) is 1. The van der Waals surface area contributed by atoms with Gasteiger partial charge in [0, 0.05) is 6.07 Å². The summed E-state index contributed by atoms with van der Waals surface area (Å²) in [5.41, 5.74) is -0.326. The number of carbonyl (C=O) groups is 3. The Hall–Kier alpha value is -2.57. The Bertz CT molecular complexity index is 691. The van der Waals surface area contributed by atoms with Crippen LogP contribution >= 0.6 is 0 Å². The van der Waals surface area contributed by atoms with Crippen molar-refractivity contribution in [1.29, 1.82) is 0 Å². The van der Waals surface area contributed by atoms with Crippen molar-refractivity contribution in [2.75, 3.05) is 11.9 Å². The highest BCUT2D eigenvalue weighted by molar-refractivity contribution is 6.08. The van der Waals surface area contributed by atoms with Gasteiger partial charge in [-0.1, -0.05) is 12.2 Å². The van der Waals surface area contributed by atoms with Crippen LogP contribution < -0.4 is 5.32 Å². The normalized spacial score (nSPS) is 23.1. The van der Waals surface area contributed by atoms with Crippen LogP contribution in [0.5, 0.6) is 0 Å². The second-order valence-corrected chi connectivity index (χ2v) is 5.59. The monoisotopic (exact) mass is 320 g/mol. The lowest BCUT2D eigenvalue weighted by atomic mass is 9.85. The predicted molar refractivity (Wildman–Crippen MR) is 77.1 cm³/mol. The van der Waals surface area contributed by atoms with Gasteiger partial charge in [-0.25, -0.2) is 8.78 Å². The maximum atomic E-state index is 13.5. The summed E-state index contributed by atoms with van der Waals surface area (Å²) < 4.78 is 26.6. The first kappa shape index (κ1) is 15.3. The number of anilines is 1. The van der Waals surface area contributed by atoms with Crippen molar-refractivity contribution < 1.29 is 23.2 Å². The molecule has 120 valence electrons. The Morgan fingerprint density at radius 3 is 2.35 bits per heavy atom. The van der Waals surface area contributed by atoms with Crippen molar-refractivity contribution in [3.63, 3.8) is 0 Å². The number of carbonyl (C=O) groups excluding carboxylic acids is 3. The van der Waals surface area contributed by atoms with Gasteiger partial charge in [0.2, 0.25) is 17.7 Å². The molecular formula is C16H14F2N2O3. The quantitative estimate of drug-likeness (QED) is 0.683. The Balaban J connectivity index is 1.70. The summed E-state index contributed by atoms with van der Waals surface area (Å²) in [7, 11) is 0. The Kier molecular flexibility index (Phi) is 3.94. The molecule has 3 rings (SSSR count). The van der Waals surface area contributed by atoms with Crippen molar-refractivity contribution in [2.24, 2.45) is 11.8 Å². The van der Waals surface area contributed by atoms with Crippen LogP contribution in [0, 0.1) is 23.5 Å². The van der Waals surface area contributed by atoms with E-state index in [4.69, 9.17) is 0 Å². The van der Waals surface area contributed by atoms with Gasteiger partial charge >= 0.3 is 0 Å². The highest BCUT2D eigenvalue weighted by Crippen LogP contribution is 2.34. The summed E-state index contributed by atoms with van der Waals surface area (Å²) in [6.07, 6.45) is 4.65. The number of amides is 3. The third-order valence-corrected chi connectivity index (χ3v) is 4.10. The Morgan fingerprint density at radius 2 is 1.74 bits per heavy atom. The summed E-state index contributed by atoms with van der Waals surface area (Å²) in [4.78, 5) is 37.3. The minimum absolute atomic E-state index is 0.326. The van der Waals surface area contributed by atoms with E-state index in [1.54, 1.807) is 0 Å². The third-order valence-electron chi connectivity index (χ3n) is 4.10. The molecule has 23 heavy (non-hydrogen) atoms. The van der Waals surface area contributed by atoms with Gasteiger partial charge in [0.05, 0.1) is 17.5 Å². The van der Waals surface area contributed by atoms with Gasteiger partial charge in [-0.15, -0.1) is 0 Å². The molecular weight excluding hydrogens is 306 g/mol. The van der Waals surface area contributed by atoms with Crippen LogP contribution in [-0.4, -0.2) is 29.2 Å². The number of imide groups is 1. The van der Waals surface area contributed by atoms with Gasteiger partial charge < -0.3 is 5.32 Å². The zero-order chi connectivity index (χ0) is 16.6. The van der Waals surface area contributed by atoms with E-state index in [1.165, 1.54) is 0 Å². The zero-order valence-electron chi connectivity index (χ0n) is 12.1. The van der Waals surface area contributed by atoms with E-state index >= 15 is 0 Å². The minimum Gasteiger partial charge on any atom is -0.322 e. The molecule has 0 saturated carbocycles. The molecule has 1 aliphatic carbocycles. The highest BCUT2D eigenvalue weighted by Gasteiger charge is 2.47. The largest absolute Gasteiger partial charge is 0.322 e. The molecule has 1 aliphatic heterocycles. The van der Waals surface area contributed by atoms with Crippen LogP contribution in [0.15, 0.2) is 30.4 Å². The van der Waals surface area contributed by atoms with Gasteiger partial charge in [-0.2, -0.15) is 0 Å². The molecule has 5 nitrogen and oxygen atoms in total. The van der Waals surface area contributed by atoms with Gasteiger partial charge in [0.1, 0.15) is 18.2 Å². The van der Waals surface area contributed by atoms with Crippen molar-refractivity contribution in [1.82, 2.24) is 4.90 Å². The summed E-state index contributed by atoms with van der Waals surface area (Å²) in [5, 5.41) is 2.18. The van der Waals surface area contributed by atoms with Crippen LogP contribution in [0.2, 0.25) is 0 Å². The lowest BCUT2D eigenvalue weighted by Gasteiger charge is -2.14. The van der Waals surface area contributed by atoms with Crippen LogP contribution in [0.1, 0.15) is 12.8 Å². The highest BCUT2D eigenvalue weighted by atomic mass is 19.1. The van der Waals surface area contributed by atoms with E-state index in [9.17, 15) is 23.2 Å². The summed E-state index contributed by atoms with van der Waals surface area (Å²) in [6, 6.07) is 2.65. The fourth-order valence-corrected chi connectivity index (χ4v) is 2.95. The first-order valence-corrected chi connectivity index (χ1v) is 7.22. The number of nitrogens with zero attached hydrogens (tertiary/aromatic N) is 1. The summed E-state index contributed by atoms with van der Waals surface area (Å²) in [6.45, 7) is -0.499. The van der Waals surface area contributed by atoms with Gasteiger partial charge in [0.15, 0.2) is 0 Å². The van der Waals surface area contributed by atoms with Crippen LogP contribution in [-0.2, 0) is 14.4 Å². The van der Waals surface area contributed by atoms with Gasteiger partial charge in [-0.05, 0) is 25.0 Å². The standard InChI is InChI=1S/C16H14F2N2O3/c17-9-5-6-12(18)13(7-9)19-14(21)8-20-15(22)10-3-1-2-4-11(10)16(20)23/h1-2,5-7,10-11H,3-4,8H2,(H,19,21)/t10-,11-/m1/s1. The minimum atomic E-state index is -0.795. The van der Waals surface area contributed by atoms with E-state index < -0.39 is 35.9 Å². The molecule has 0 aromatic heterocycles. The lowest BCUT2D eigenvalue weighted by molar-refractivity contribution is -0.142. The van der Waals surface area contributed by atoms with Crippen LogP contribution in [0.25, 0.3) is 0 Å². The molecule has 0 spiro atoms. The predicted octanol–water partition coefficient (Wildman–Crippen LogP) is 1.85. The molecule has 1 fully saturated rings. The molecule has 1 aromatic rings. The number of nitrogens with one attached hydrogen (secondary N) is 1. The molecule has 1 saturated heterocycles. The van der Waals surface area contributed by atoms with Crippen molar-refractivity contribution in [3.8, 4) is 0 Å². The van der Waals surface area contributed by atoms with Gasteiger partial charge in [0.25, 0.3) is 0 Å². The molecule has 3 amide bonds. The number of benzene rings is 1. The van der Waals surface area contributed by atoms with E-state index in [2.05, 4.69) is 5.32 Å². The SMILES string of the molecule is O=C(CN1C(=O)[C@@H]2CC=CC[C@H]2C1=O)Nc1cc(F)ccc1F. The molecule has 1 aromatic carbocycles. The molecule has 2 aliphatic rings.